The Morgan fingerprint density at radius 1 is 1.19 bits per heavy atom. The van der Waals surface area contributed by atoms with Crippen LogP contribution in [0.5, 0.6) is 0 Å². The van der Waals surface area contributed by atoms with Crippen molar-refractivity contribution in [2.24, 2.45) is 5.92 Å². The Bertz CT molecular complexity index is 392. The smallest absolute Gasteiger partial charge is 0.257 e. The van der Waals surface area contributed by atoms with Gasteiger partial charge in [0.25, 0.3) is 5.17 Å². The van der Waals surface area contributed by atoms with Crippen molar-refractivity contribution in [3.05, 3.63) is 35.9 Å². The molecule has 1 aliphatic carbocycles. The molecule has 3 rings (SSSR count). The Kier molecular flexibility index (Phi) is 2.56. The number of hydrogen-bond donors (Lipinski definition) is 1. The number of thiocarbonyl (C=S) groups is 1. The predicted octanol–water partition coefficient (Wildman–Crippen LogP) is 2.80. The second-order valence-electron chi connectivity index (χ2n) is 4.57. The summed E-state index contributed by atoms with van der Waals surface area (Å²) in [5.41, 5.74) is 1.32. The molecule has 3 unspecified atom stereocenters. The SMILES string of the molecule is S=C1NC(c2ccccc2)C2CCCC2O1. The molecule has 2 nitrogen and oxygen atoms in total. The summed E-state index contributed by atoms with van der Waals surface area (Å²) in [6.45, 7) is 0. The molecule has 0 aromatic heterocycles. The summed E-state index contributed by atoms with van der Waals surface area (Å²) in [7, 11) is 0. The zero-order chi connectivity index (χ0) is 11.0. The van der Waals surface area contributed by atoms with E-state index in [2.05, 4.69) is 29.6 Å². The maximum absolute atomic E-state index is 5.68. The lowest BCUT2D eigenvalue weighted by Crippen LogP contribution is -2.45. The number of rotatable bonds is 1. The lowest BCUT2D eigenvalue weighted by atomic mass is 9.89. The molecule has 16 heavy (non-hydrogen) atoms. The topological polar surface area (TPSA) is 21.3 Å². The number of fused-ring (bicyclic) bond motifs is 1. The van der Waals surface area contributed by atoms with Crippen molar-refractivity contribution in [2.75, 3.05) is 0 Å². The molecule has 84 valence electrons. The maximum Gasteiger partial charge on any atom is 0.257 e. The Labute approximate surface area is 101 Å². The molecule has 0 radical (unpaired) electrons. The number of nitrogens with one attached hydrogen (secondary N) is 1. The summed E-state index contributed by atoms with van der Waals surface area (Å²) in [6, 6.07) is 10.9. The van der Waals surface area contributed by atoms with Gasteiger partial charge in [-0.1, -0.05) is 30.3 Å². The Morgan fingerprint density at radius 3 is 2.81 bits per heavy atom. The van der Waals surface area contributed by atoms with Gasteiger partial charge in [0, 0.05) is 5.92 Å². The third-order valence-corrected chi connectivity index (χ3v) is 3.84. The standard InChI is InChI=1S/C13H15NOS/c16-13-14-12(9-5-2-1-3-6-9)10-7-4-8-11(10)15-13/h1-3,5-6,10-12H,4,7-8H2,(H,14,16). The summed E-state index contributed by atoms with van der Waals surface area (Å²) in [5.74, 6) is 0.578. The summed E-state index contributed by atoms with van der Waals surface area (Å²) >= 11 is 5.17. The largest absolute Gasteiger partial charge is 0.467 e. The van der Waals surface area contributed by atoms with Gasteiger partial charge in [-0.15, -0.1) is 0 Å². The first-order chi connectivity index (χ1) is 7.84. The lowest BCUT2D eigenvalue weighted by Gasteiger charge is -2.36. The Hall–Kier alpha value is -1.09. The molecular formula is C13H15NOS. The van der Waals surface area contributed by atoms with Crippen LogP contribution in [0.4, 0.5) is 0 Å². The molecule has 1 N–H and O–H groups in total. The average molecular weight is 233 g/mol. The van der Waals surface area contributed by atoms with E-state index >= 15 is 0 Å². The molecule has 3 heteroatoms. The van der Waals surface area contributed by atoms with Crippen LogP contribution in [0.1, 0.15) is 30.9 Å². The van der Waals surface area contributed by atoms with Crippen LogP contribution in [-0.4, -0.2) is 11.3 Å². The van der Waals surface area contributed by atoms with Crippen molar-refractivity contribution >= 4 is 17.4 Å². The van der Waals surface area contributed by atoms with Gasteiger partial charge in [-0.25, -0.2) is 0 Å². The molecule has 1 aliphatic heterocycles. The quantitative estimate of drug-likeness (QED) is 0.754. The highest BCUT2D eigenvalue weighted by molar-refractivity contribution is 7.80. The van der Waals surface area contributed by atoms with Crippen molar-refractivity contribution in [3.8, 4) is 0 Å². The molecular weight excluding hydrogens is 218 g/mol. The van der Waals surface area contributed by atoms with Crippen molar-refractivity contribution in [1.82, 2.24) is 5.32 Å². The fourth-order valence-electron chi connectivity index (χ4n) is 2.88. The molecule has 1 saturated carbocycles. The zero-order valence-corrected chi connectivity index (χ0v) is 9.87. The molecule has 1 heterocycles. The van der Waals surface area contributed by atoms with Crippen molar-refractivity contribution in [1.29, 1.82) is 0 Å². The minimum absolute atomic E-state index is 0.332. The van der Waals surface area contributed by atoms with E-state index in [1.54, 1.807) is 0 Å². The summed E-state index contributed by atoms with van der Waals surface area (Å²) in [4.78, 5) is 0. The average Bonchev–Trinajstić information content (AvgIpc) is 2.77. The Morgan fingerprint density at radius 2 is 2.00 bits per heavy atom. The first-order valence-corrected chi connectivity index (χ1v) is 6.27. The van der Waals surface area contributed by atoms with Crippen LogP contribution in [0.2, 0.25) is 0 Å². The summed E-state index contributed by atoms with van der Waals surface area (Å²) in [6.07, 6.45) is 3.97. The van der Waals surface area contributed by atoms with E-state index < -0.39 is 0 Å². The Balaban J connectivity index is 1.90. The number of benzene rings is 1. The molecule has 3 atom stereocenters. The molecule has 0 bridgehead atoms. The second kappa shape index (κ2) is 4.06. The van der Waals surface area contributed by atoms with E-state index in [-0.39, 0.29) is 0 Å². The van der Waals surface area contributed by atoms with E-state index in [1.807, 2.05) is 6.07 Å². The fraction of sp³-hybridized carbons (Fsp3) is 0.462. The molecule has 0 amide bonds. The van der Waals surface area contributed by atoms with Gasteiger partial charge in [-0.05, 0) is 37.0 Å². The van der Waals surface area contributed by atoms with Crippen LogP contribution >= 0.6 is 12.2 Å². The molecule has 1 aromatic rings. The van der Waals surface area contributed by atoms with Gasteiger partial charge < -0.3 is 10.1 Å². The van der Waals surface area contributed by atoms with Crippen LogP contribution < -0.4 is 5.32 Å². The highest BCUT2D eigenvalue weighted by Crippen LogP contribution is 2.40. The predicted molar refractivity (Wildman–Crippen MR) is 67.1 cm³/mol. The summed E-state index contributed by atoms with van der Waals surface area (Å²) < 4.78 is 5.68. The van der Waals surface area contributed by atoms with Crippen LogP contribution in [-0.2, 0) is 4.74 Å². The first-order valence-electron chi connectivity index (χ1n) is 5.87. The normalized spacial score (nSPS) is 32.8. The molecule has 1 aromatic carbocycles. The van der Waals surface area contributed by atoms with E-state index in [0.717, 1.165) is 6.42 Å². The third-order valence-electron chi connectivity index (χ3n) is 3.62. The minimum Gasteiger partial charge on any atom is -0.467 e. The first kappa shape index (κ1) is 10.1. The van der Waals surface area contributed by atoms with Gasteiger partial charge in [0.2, 0.25) is 0 Å². The monoisotopic (exact) mass is 233 g/mol. The maximum atomic E-state index is 5.68. The van der Waals surface area contributed by atoms with Gasteiger partial charge in [-0.3, -0.25) is 0 Å². The fourth-order valence-corrected chi connectivity index (χ4v) is 3.13. The van der Waals surface area contributed by atoms with E-state index in [0.29, 0.717) is 23.2 Å². The minimum atomic E-state index is 0.332. The van der Waals surface area contributed by atoms with Crippen LogP contribution in [0.15, 0.2) is 30.3 Å². The van der Waals surface area contributed by atoms with Crippen molar-refractivity contribution in [2.45, 2.75) is 31.4 Å². The molecule has 2 fully saturated rings. The highest BCUT2D eigenvalue weighted by atomic mass is 32.1. The van der Waals surface area contributed by atoms with Gasteiger partial charge in [0.15, 0.2) is 0 Å². The highest BCUT2D eigenvalue weighted by Gasteiger charge is 2.40. The van der Waals surface area contributed by atoms with E-state index in [9.17, 15) is 0 Å². The zero-order valence-electron chi connectivity index (χ0n) is 9.06. The van der Waals surface area contributed by atoms with Gasteiger partial charge in [0.1, 0.15) is 6.10 Å². The van der Waals surface area contributed by atoms with Gasteiger partial charge >= 0.3 is 0 Å². The number of ether oxygens (including phenoxy) is 1. The molecule has 0 spiro atoms. The van der Waals surface area contributed by atoms with E-state index in [4.69, 9.17) is 17.0 Å². The van der Waals surface area contributed by atoms with Crippen LogP contribution in [0.3, 0.4) is 0 Å². The molecule has 2 aliphatic rings. The number of hydrogen-bond acceptors (Lipinski definition) is 2. The van der Waals surface area contributed by atoms with E-state index in [1.165, 1.54) is 18.4 Å². The van der Waals surface area contributed by atoms with Crippen molar-refractivity contribution < 1.29 is 4.74 Å². The van der Waals surface area contributed by atoms with Crippen LogP contribution in [0.25, 0.3) is 0 Å². The van der Waals surface area contributed by atoms with Crippen LogP contribution in [0, 0.1) is 5.92 Å². The van der Waals surface area contributed by atoms with Gasteiger partial charge in [-0.2, -0.15) is 0 Å². The molecule has 1 saturated heterocycles. The lowest BCUT2D eigenvalue weighted by molar-refractivity contribution is 0.0906. The van der Waals surface area contributed by atoms with Crippen molar-refractivity contribution in [3.63, 3.8) is 0 Å². The summed E-state index contributed by atoms with van der Waals surface area (Å²) in [5, 5.41) is 3.88. The third kappa shape index (κ3) is 1.69. The van der Waals surface area contributed by atoms with Gasteiger partial charge in [0.05, 0.1) is 6.04 Å². The second-order valence-corrected chi connectivity index (χ2v) is 4.94.